The lowest BCUT2D eigenvalue weighted by molar-refractivity contribution is 0.112. The van der Waals surface area contributed by atoms with E-state index in [1.54, 1.807) is 10.0 Å². The van der Waals surface area contributed by atoms with Gasteiger partial charge in [-0.15, -0.1) is 0 Å². The van der Waals surface area contributed by atoms with E-state index >= 15 is 0 Å². The number of carbonyl (C=O) groups excluding carboxylic acids is 2. The summed E-state index contributed by atoms with van der Waals surface area (Å²) in [5, 5.41) is 10.3. The number of hydrogen-bond donors (Lipinski definition) is 2. The Morgan fingerprint density at radius 3 is 1.32 bits per heavy atom. The highest BCUT2D eigenvalue weighted by molar-refractivity contribution is 5.79. The van der Waals surface area contributed by atoms with Gasteiger partial charge in [0.05, 0.1) is 0 Å². The van der Waals surface area contributed by atoms with Crippen LogP contribution in [0.15, 0.2) is 10.2 Å². The molecule has 2 aliphatic heterocycles. The molecule has 0 radical (unpaired) electrons. The molecule has 0 atom stereocenters. The minimum Gasteiger partial charge on any atom is -0.304 e. The molecule has 2 aliphatic rings. The van der Waals surface area contributed by atoms with Gasteiger partial charge in [-0.3, -0.25) is 10.9 Å². The van der Waals surface area contributed by atoms with Crippen LogP contribution in [0.4, 0.5) is 9.59 Å². The molecular weight excluding hydrogens is 288 g/mol. The Morgan fingerprint density at radius 2 is 1.00 bits per heavy atom. The predicted molar refractivity (Wildman–Crippen MR) is 80.1 cm³/mol. The molecule has 2 fully saturated rings. The number of likely N-dealkylation sites (N-methyl/N-ethyl adjacent to an activating group) is 2. The van der Waals surface area contributed by atoms with Crippen LogP contribution in [0, 0.1) is 0 Å². The van der Waals surface area contributed by atoms with Crippen LogP contribution in [0.25, 0.3) is 0 Å². The van der Waals surface area contributed by atoms with Crippen molar-refractivity contribution >= 4 is 12.1 Å². The molecule has 0 bridgehead atoms. The Hall–Kier alpha value is -1.62. The third-order valence-electron chi connectivity index (χ3n) is 3.75. The van der Waals surface area contributed by atoms with Crippen molar-refractivity contribution in [2.24, 2.45) is 10.2 Å². The third kappa shape index (κ3) is 5.64. The van der Waals surface area contributed by atoms with E-state index < -0.39 is 12.1 Å². The van der Waals surface area contributed by atoms with E-state index in [-0.39, 0.29) is 0 Å². The number of nitrogens with one attached hydrogen (secondary N) is 2. The van der Waals surface area contributed by atoms with E-state index in [2.05, 4.69) is 30.9 Å². The van der Waals surface area contributed by atoms with Crippen molar-refractivity contribution in [3.63, 3.8) is 0 Å². The van der Waals surface area contributed by atoms with Crippen LogP contribution in [0.1, 0.15) is 0 Å². The Labute approximate surface area is 130 Å². The summed E-state index contributed by atoms with van der Waals surface area (Å²) in [6.45, 7) is 6.41. The van der Waals surface area contributed by atoms with Gasteiger partial charge >= 0.3 is 12.1 Å². The number of nitrogens with zero attached hydrogens (tertiary/aromatic N) is 6. The molecule has 0 aliphatic carbocycles. The molecule has 0 aromatic rings. The molecule has 2 saturated heterocycles. The summed E-state index contributed by atoms with van der Waals surface area (Å²) in [5.74, 6) is 0. The molecule has 0 aromatic carbocycles. The topological polar surface area (TPSA) is 95.9 Å². The highest BCUT2D eigenvalue weighted by Gasteiger charge is 2.17. The van der Waals surface area contributed by atoms with Gasteiger partial charge in [-0.25, -0.2) is 19.6 Å². The standard InChI is InChI=1S/C12H24N8O2/c1-17-3-7-19(8-4-17)15-11(21)13-14-12(22)16-20-9-5-18(2)6-10-20/h3-10H2,1-2H3,(H,15,21)(H,16,22). The van der Waals surface area contributed by atoms with Gasteiger partial charge in [0.15, 0.2) is 0 Å². The summed E-state index contributed by atoms with van der Waals surface area (Å²) in [5.41, 5.74) is 5.22. The number of urea groups is 2. The molecule has 2 heterocycles. The molecule has 10 nitrogen and oxygen atoms in total. The summed E-state index contributed by atoms with van der Waals surface area (Å²) in [6.07, 6.45) is 0. The van der Waals surface area contributed by atoms with Gasteiger partial charge in [0.25, 0.3) is 0 Å². The second-order valence-corrected chi connectivity index (χ2v) is 5.61. The van der Waals surface area contributed by atoms with Crippen LogP contribution in [-0.2, 0) is 0 Å². The zero-order valence-corrected chi connectivity index (χ0v) is 13.2. The summed E-state index contributed by atoms with van der Waals surface area (Å²) in [7, 11) is 4.06. The van der Waals surface area contributed by atoms with Crippen molar-refractivity contribution in [2.75, 3.05) is 66.5 Å². The largest absolute Gasteiger partial charge is 0.374 e. The van der Waals surface area contributed by atoms with E-state index in [4.69, 9.17) is 0 Å². The first-order chi connectivity index (χ1) is 10.5. The molecule has 4 amide bonds. The number of azo groups is 1. The Morgan fingerprint density at radius 1 is 0.682 bits per heavy atom. The molecule has 0 unspecified atom stereocenters. The number of hydrogen-bond acceptors (Lipinski definition) is 6. The molecule has 0 spiro atoms. The lowest BCUT2D eigenvalue weighted by Crippen LogP contribution is -2.52. The highest BCUT2D eigenvalue weighted by Crippen LogP contribution is 1.97. The molecule has 2 N–H and O–H groups in total. The summed E-state index contributed by atoms with van der Waals surface area (Å²) in [4.78, 5) is 27.6. The maximum absolute atomic E-state index is 11.6. The van der Waals surface area contributed by atoms with Crippen molar-refractivity contribution in [1.29, 1.82) is 0 Å². The molecule has 22 heavy (non-hydrogen) atoms. The summed E-state index contributed by atoms with van der Waals surface area (Å²) in [6, 6.07) is -1.25. The van der Waals surface area contributed by atoms with Crippen LogP contribution in [0.3, 0.4) is 0 Å². The zero-order valence-electron chi connectivity index (χ0n) is 13.2. The van der Waals surface area contributed by atoms with Crippen molar-refractivity contribution < 1.29 is 9.59 Å². The molecule has 0 aromatic heterocycles. The number of rotatable bonds is 2. The van der Waals surface area contributed by atoms with Gasteiger partial charge in [0.1, 0.15) is 0 Å². The molecule has 124 valence electrons. The first-order valence-corrected chi connectivity index (χ1v) is 7.43. The Kier molecular flexibility index (Phi) is 6.19. The molecule has 10 heteroatoms. The average molecular weight is 312 g/mol. The fourth-order valence-electron chi connectivity index (χ4n) is 2.24. The third-order valence-corrected chi connectivity index (χ3v) is 3.75. The smallest absolute Gasteiger partial charge is 0.304 e. The van der Waals surface area contributed by atoms with Gasteiger partial charge in [0, 0.05) is 52.4 Å². The van der Waals surface area contributed by atoms with Gasteiger partial charge in [-0.1, -0.05) is 10.2 Å². The first kappa shape index (κ1) is 16.7. The van der Waals surface area contributed by atoms with Gasteiger partial charge in [0.2, 0.25) is 0 Å². The van der Waals surface area contributed by atoms with Crippen molar-refractivity contribution in [2.45, 2.75) is 0 Å². The van der Waals surface area contributed by atoms with Crippen LogP contribution < -0.4 is 10.9 Å². The van der Waals surface area contributed by atoms with E-state index in [1.807, 2.05) is 14.1 Å². The van der Waals surface area contributed by atoms with Crippen molar-refractivity contribution in [3.8, 4) is 0 Å². The van der Waals surface area contributed by atoms with Crippen LogP contribution in [0.5, 0.6) is 0 Å². The van der Waals surface area contributed by atoms with Crippen LogP contribution >= 0.6 is 0 Å². The van der Waals surface area contributed by atoms with E-state index in [9.17, 15) is 9.59 Å². The number of amides is 4. The number of carbonyl (C=O) groups is 2. The Balaban J connectivity index is 1.67. The van der Waals surface area contributed by atoms with E-state index in [0.717, 1.165) is 52.4 Å². The van der Waals surface area contributed by atoms with E-state index in [1.165, 1.54) is 0 Å². The fourth-order valence-corrected chi connectivity index (χ4v) is 2.24. The van der Waals surface area contributed by atoms with Gasteiger partial charge in [-0.2, -0.15) is 0 Å². The molecular formula is C12H24N8O2. The fraction of sp³-hybridized carbons (Fsp3) is 0.833. The minimum absolute atomic E-state index is 0.627. The zero-order chi connectivity index (χ0) is 15.9. The second kappa shape index (κ2) is 8.13. The second-order valence-electron chi connectivity index (χ2n) is 5.61. The predicted octanol–water partition coefficient (Wildman–Crippen LogP) is -0.817. The normalized spacial score (nSPS) is 22.8. The monoisotopic (exact) mass is 312 g/mol. The summed E-state index contributed by atoms with van der Waals surface area (Å²) >= 11 is 0. The lowest BCUT2D eigenvalue weighted by Gasteiger charge is -2.31. The van der Waals surface area contributed by atoms with Crippen LogP contribution in [0.2, 0.25) is 0 Å². The lowest BCUT2D eigenvalue weighted by atomic mass is 10.4. The maximum atomic E-state index is 11.6. The highest BCUT2D eigenvalue weighted by atomic mass is 16.2. The van der Waals surface area contributed by atoms with E-state index in [0.29, 0.717) is 0 Å². The van der Waals surface area contributed by atoms with Crippen LogP contribution in [-0.4, -0.2) is 98.3 Å². The maximum Gasteiger partial charge on any atom is 0.374 e. The quantitative estimate of drug-likeness (QED) is 0.647. The van der Waals surface area contributed by atoms with Gasteiger partial charge in [-0.05, 0) is 14.1 Å². The van der Waals surface area contributed by atoms with Crippen molar-refractivity contribution in [3.05, 3.63) is 0 Å². The molecule has 2 rings (SSSR count). The average Bonchev–Trinajstić information content (AvgIpc) is 2.50. The SMILES string of the molecule is CN1CCN(NC(=O)N=NC(=O)NN2CCN(C)CC2)CC1. The molecule has 0 saturated carbocycles. The summed E-state index contributed by atoms with van der Waals surface area (Å²) < 4.78 is 0. The minimum atomic E-state index is -0.627. The Bertz CT molecular complexity index is 375. The van der Waals surface area contributed by atoms with Crippen molar-refractivity contribution in [1.82, 2.24) is 30.7 Å². The number of piperazine rings is 2. The first-order valence-electron chi connectivity index (χ1n) is 7.43. The number of hydrazine groups is 2. The van der Waals surface area contributed by atoms with Gasteiger partial charge < -0.3 is 9.80 Å².